The highest BCUT2D eigenvalue weighted by Crippen LogP contribution is 2.31. The molecule has 4 rings (SSSR count). The molecule has 0 unspecified atom stereocenters. The summed E-state index contributed by atoms with van der Waals surface area (Å²) in [5, 5.41) is 3.05. The van der Waals surface area contributed by atoms with Crippen LogP contribution in [0.15, 0.2) is 54.6 Å². The first-order chi connectivity index (χ1) is 15.9. The molecule has 1 aliphatic heterocycles. The van der Waals surface area contributed by atoms with Crippen LogP contribution in [-0.4, -0.2) is 36.6 Å². The van der Waals surface area contributed by atoms with Gasteiger partial charge in [-0.05, 0) is 69.3 Å². The number of rotatable bonds is 7. The minimum absolute atomic E-state index is 0.0636. The highest BCUT2D eigenvalue weighted by molar-refractivity contribution is 6.04. The van der Waals surface area contributed by atoms with E-state index in [0.29, 0.717) is 24.6 Å². The Morgan fingerprint density at radius 2 is 1.70 bits per heavy atom. The fourth-order valence-electron chi connectivity index (χ4n) is 4.23. The molecule has 0 spiro atoms. The normalized spacial score (nSPS) is 15.6. The summed E-state index contributed by atoms with van der Waals surface area (Å²) in [6.45, 7) is 6.88. The number of ether oxygens (including phenoxy) is 2. The van der Waals surface area contributed by atoms with Crippen LogP contribution in [-0.2, 0) is 9.59 Å². The van der Waals surface area contributed by atoms with Crippen molar-refractivity contribution >= 4 is 23.2 Å². The first-order valence-electron chi connectivity index (χ1n) is 11.1. The molecule has 1 N–H and O–H groups in total. The van der Waals surface area contributed by atoms with E-state index in [1.54, 1.807) is 12.0 Å². The van der Waals surface area contributed by atoms with Crippen molar-refractivity contribution in [2.24, 2.45) is 5.92 Å². The molecule has 2 aromatic carbocycles. The first kappa shape index (κ1) is 22.5. The van der Waals surface area contributed by atoms with E-state index >= 15 is 0 Å². The Labute approximate surface area is 193 Å². The number of hydrogen-bond donors (Lipinski definition) is 1. The Morgan fingerprint density at radius 1 is 1.03 bits per heavy atom. The van der Waals surface area contributed by atoms with Gasteiger partial charge in [0.2, 0.25) is 11.8 Å². The summed E-state index contributed by atoms with van der Waals surface area (Å²) < 4.78 is 13.0. The number of aromatic nitrogens is 1. The van der Waals surface area contributed by atoms with E-state index in [9.17, 15) is 9.59 Å². The quantitative estimate of drug-likeness (QED) is 0.579. The van der Waals surface area contributed by atoms with Crippen molar-refractivity contribution in [2.45, 2.75) is 27.2 Å². The lowest BCUT2D eigenvalue weighted by molar-refractivity contribution is -0.122. The molecule has 7 heteroatoms. The molecular weight excluding hydrogens is 418 g/mol. The molecule has 2 amide bonds. The molecule has 172 valence electrons. The number of amides is 2. The van der Waals surface area contributed by atoms with Crippen LogP contribution in [0.1, 0.15) is 24.7 Å². The van der Waals surface area contributed by atoms with Crippen LogP contribution < -0.4 is 19.7 Å². The van der Waals surface area contributed by atoms with Crippen molar-refractivity contribution in [3.05, 3.63) is 66.0 Å². The third kappa shape index (κ3) is 4.58. The Bertz CT molecular complexity index is 1150. The lowest BCUT2D eigenvalue weighted by Gasteiger charge is -2.19. The van der Waals surface area contributed by atoms with Gasteiger partial charge >= 0.3 is 0 Å². The summed E-state index contributed by atoms with van der Waals surface area (Å²) >= 11 is 0. The predicted molar refractivity (Wildman–Crippen MR) is 128 cm³/mol. The maximum absolute atomic E-state index is 13.2. The van der Waals surface area contributed by atoms with Gasteiger partial charge in [-0.1, -0.05) is 0 Å². The van der Waals surface area contributed by atoms with Crippen LogP contribution >= 0.6 is 0 Å². The molecule has 3 aromatic rings. The van der Waals surface area contributed by atoms with Crippen molar-refractivity contribution in [1.82, 2.24) is 4.57 Å². The minimum Gasteiger partial charge on any atom is -0.497 e. The van der Waals surface area contributed by atoms with Crippen molar-refractivity contribution < 1.29 is 19.1 Å². The molecule has 1 atom stereocenters. The van der Waals surface area contributed by atoms with Gasteiger partial charge in [-0.3, -0.25) is 9.59 Å². The molecule has 0 radical (unpaired) electrons. The zero-order valence-corrected chi connectivity index (χ0v) is 19.4. The highest BCUT2D eigenvalue weighted by Gasteiger charge is 2.35. The number of methoxy groups -OCH3 is 1. The van der Waals surface area contributed by atoms with Gasteiger partial charge in [-0.2, -0.15) is 0 Å². The van der Waals surface area contributed by atoms with E-state index in [1.165, 1.54) is 0 Å². The summed E-state index contributed by atoms with van der Waals surface area (Å²) in [6.07, 6.45) is 0.173. The smallest absolute Gasteiger partial charge is 0.229 e. The molecule has 1 aromatic heterocycles. The van der Waals surface area contributed by atoms with E-state index in [4.69, 9.17) is 9.47 Å². The topological polar surface area (TPSA) is 72.8 Å². The van der Waals surface area contributed by atoms with Crippen LogP contribution in [0.25, 0.3) is 5.69 Å². The number of hydrogen-bond acceptors (Lipinski definition) is 4. The van der Waals surface area contributed by atoms with Gasteiger partial charge in [0, 0.05) is 36.1 Å². The third-order valence-electron chi connectivity index (χ3n) is 5.93. The van der Waals surface area contributed by atoms with Gasteiger partial charge in [0.05, 0.1) is 31.0 Å². The number of aryl methyl sites for hydroxylation is 2. The zero-order valence-electron chi connectivity index (χ0n) is 19.4. The minimum atomic E-state index is -0.439. The SMILES string of the molecule is CCOc1ccc(N2C[C@H](C(=O)Nc3ccc(OC)cc3-n3c(C)ccc3C)CC2=O)cc1. The predicted octanol–water partition coefficient (Wildman–Crippen LogP) is 4.49. The molecule has 2 heterocycles. The van der Waals surface area contributed by atoms with Crippen LogP contribution in [0.4, 0.5) is 11.4 Å². The van der Waals surface area contributed by atoms with E-state index in [2.05, 4.69) is 9.88 Å². The second-order valence-corrected chi connectivity index (χ2v) is 8.16. The first-order valence-corrected chi connectivity index (χ1v) is 11.1. The highest BCUT2D eigenvalue weighted by atomic mass is 16.5. The van der Waals surface area contributed by atoms with E-state index in [-0.39, 0.29) is 18.2 Å². The largest absolute Gasteiger partial charge is 0.497 e. The Balaban J connectivity index is 1.54. The lowest BCUT2D eigenvalue weighted by atomic mass is 10.1. The van der Waals surface area contributed by atoms with Gasteiger partial charge < -0.3 is 24.3 Å². The summed E-state index contributed by atoms with van der Waals surface area (Å²) in [7, 11) is 1.62. The number of nitrogens with one attached hydrogen (secondary N) is 1. The van der Waals surface area contributed by atoms with Crippen LogP contribution in [0.3, 0.4) is 0 Å². The lowest BCUT2D eigenvalue weighted by Crippen LogP contribution is -2.28. The Hall–Kier alpha value is -3.74. The Morgan fingerprint density at radius 3 is 2.33 bits per heavy atom. The average molecular weight is 448 g/mol. The summed E-state index contributed by atoms with van der Waals surface area (Å²) in [5.74, 6) is 0.779. The summed E-state index contributed by atoms with van der Waals surface area (Å²) in [5.41, 5.74) is 4.37. The van der Waals surface area contributed by atoms with Crippen molar-refractivity contribution in [1.29, 1.82) is 0 Å². The number of carbonyl (C=O) groups is 2. The van der Waals surface area contributed by atoms with E-state index in [1.807, 2.05) is 75.4 Å². The fourth-order valence-corrected chi connectivity index (χ4v) is 4.23. The van der Waals surface area contributed by atoms with E-state index < -0.39 is 5.92 Å². The average Bonchev–Trinajstić information content (AvgIpc) is 3.36. The van der Waals surface area contributed by atoms with E-state index in [0.717, 1.165) is 28.5 Å². The maximum Gasteiger partial charge on any atom is 0.229 e. The molecule has 7 nitrogen and oxygen atoms in total. The molecule has 0 aliphatic carbocycles. The molecule has 1 fully saturated rings. The van der Waals surface area contributed by atoms with Gasteiger partial charge in [-0.25, -0.2) is 0 Å². The number of anilines is 2. The standard InChI is InChI=1S/C26H29N3O4/c1-5-33-21-10-8-20(9-11-21)28-16-19(14-25(28)30)26(31)27-23-13-12-22(32-4)15-24(23)29-17(2)6-7-18(29)3/h6-13,15,19H,5,14,16H2,1-4H3,(H,27,31)/t19-/m1/s1. The van der Waals surface area contributed by atoms with Crippen molar-refractivity contribution in [2.75, 3.05) is 30.5 Å². The van der Waals surface area contributed by atoms with Crippen LogP contribution in [0, 0.1) is 19.8 Å². The molecule has 0 bridgehead atoms. The third-order valence-corrected chi connectivity index (χ3v) is 5.93. The number of benzene rings is 2. The van der Waals surface area contributed by atoms with Crippen molar-refractivity contribution in [3.63, 3.8) is 0 Å². The fraction of sp³-hybridized carbons (Fsp3) is 0.308. The van der Waals surface area contributed by atoms with Crippen LogP contribution in [0.5, 0.6) is 11.5 Å². The second kappa shape index (κ2) is 9.40. The van der Waals surface area contributed by atoms with Crippen LogP contribution in [0.2, 0.25) is 0 Å². The maximum atomic E-state index is 13.2. The Kier molecular flexibility index (Phi) is 6.40. The summed E-state index contributed by atoms with van der Waals surface area (Å²) in [6, 6.07) is 17.0. The molecule has 0 saturated carbocycles. The van der Waals surface area contributed by atoms with Gasteiger partial charge in [0.1, 0.15) is 11.5 Å². The van der Waals surface area contributed by atoms with Gasteiger partial charge in [-0.15, -0.1) is 0 Å². The van der Waals surface area contributed by atoms with Gasteiger partial charge in [0.25, 0.3) is 0 Å². The monoisotopic (exact) mass is 447 g/mol. The number of nitrogens with zero attached hydrogens (tertiary/aromatic N) is 2. The second-order valence-electron chi connectivity index (χ2n) is 8.16. The zero-order chi connectivity index (χ0) is 23.5. The molecule has 1 saturated heterocycles. The van der Waals surface area contributed by atoms with Crippen molar-refractivity contribution in [3.8, 4) is 17.2 Å². The molecule has 1 aliphatic rings. The van der Waals surface area contributed by atoms with Gasteiger partial charge in [0.15, 0.2) is 0 Å². The molecular formula is C26H29N3O4. The molecule has 33 heavy (non-hydrogen) atoms. The summed E-state index contributed by atoms with van der Waals surface area (Å²) in [4.78, 5) is 27.5. The number of carbonyl (C=O) groups excluding carboxylic acids is 2.